The molecule has 0 heterocycles. The van der Waals surface area contributed by atoms with E-state index < -0.39 is 5.97 Å². The van der Waals surface area contributed by atoms with Crippen LogP contribution in [0.15, 0.2) is 35.9 Å². The van der Waals surface area contributed by atoms with Gasteiger partial charge in [0.05, 0.1) is 0 Å². The first kappa shape index (κ1) is 22.1. The average molecular weight is 387 g/mol. The molecule has 2 unspecified atom stereocenters. The molecular formula is C24H34O4. The van der Waals surface area contributed by atoms with Gasteiger partial charge >= 0.3 is 5.97 Å². The van der Waals surface area contributed by atoms with Gasteiger partial charge in [-0.2, -0.15) is 0 Å². The van der Waals surface area contributed by atoms with Crippen LogP contribution in [0.5, 0.6) is 11.5 Å². The molecule has 0 radical (unpaired) electrons. The molecule has 0 aromatic heterocycles. The Morgan fingerprint density at radius 1 is 1.29 bits per heavy atom. The van der Waals surface area contributed by atoms with E-state index in [4.69, 9.17) is 9.47 Å². The second-order valence-electron chi connectivity index (χ2n) is 7.91. The predicted molar refractivity (Wildman–Crippen MR) is 113 cm³/mol. The summed E-state index contributed by atoms with van der Waals surface area (Å²) >= 11 is 0. The summed E-state index contributed by atoms with van der Waals surface area (Å²) in [5.41, 5.74) is 4.21. The van der Waals surface area contributed by atoms with Crippen LogP contribution in [0, 0.1) is 5.92 Å². The maximum absolute atomic E-state index is 11.1. The topological polar surface area (TPSA) is 55.8 Å². The van der Waals surface area contributed by atoms with Crippen molar-refractivity contribution in [1.29, 1.82) is 0 Å². The molecule has 1 aromatic rings. The number of carbonyl (C=O) groups is 1. The van der Waals surface area contributed by atoms with Crippen molar-refractivity contribution < 1.29 is 19.4 Å². The van der Waals surface area contributed by atoms with Crippen molar-refractivity contribution in [1.82, 2.24) is 0 Å². The molecule has 154 valence electrons. The van der Waals surface area contributed by atoms with Crippen LogP contribution < -0.4 is 4.74 Å². The van der Waals surface area contributed by atoms with Crippen molar-refractivity contribution >= 4 is 5.97 Å². The Kier molecular flexibility index (Phi) is 8.16. The summed E-state index contributed by atoms with van der Waals surface area (Å²) in [6, 6.07) is 3.85. The second kappa shape index (κ2) is 10.4. The molecule has 28 heavy (non-hydrogen) atoms. The number of aryl methyl sites for hydroxylation is 1. The molecule has 0 amide bonds. The van der Waals surface area contributed by atoms with Crippen LogP contribution in [-0.4, -0.2) is 17.9 Å². The summed E-state index contributed by atoms with van der Waals surface area (Å²) in [6.07, 6.45) is 8.50. The molecule has 1 aromatic carbocycles. The number of phenols is 1. The minimum absolute atomic E-state index is 0.00303. The summed E-state index contributed by atoms with van der Waals surface area (Å²) in [4.78, 5) is 11.1. The molecule has 0 bridgehead atoms. The lowest BCUT2D eigenvalue weighted by atomic mass is 9.73. The highest BCUT2D eigenvalue weighted by Gasteiger charge is 2.30. The molecule has 0 fully saturated rings. The normalized spacial score (nSPS) is 19.1. The highest BCUT2D eigenvalue weighted by molar-refractivity contribution is 5.65. The monoisotopic (exact) mass is 386 g/mol. The van der Waals surface area contributed by atoms with Gasteiger partial charge in [0.15, 0.2) is 0 Å². The molecular weight excluding hydrogens is 352 g/mol. The molecule has 4 nitrogen and oxygen atoms in total. The molecule has 1 N–H and O–H groups in total. The van der Waals surface area contributed by atoms with Crippen molar-refractivity contribution in [2.24, 2.45) is 5.92 Å². The predicted octanol–water partition coefficient (Wildman–Crippen LogP) is 6.04. The van der Waals surface area contributed by atoms with Crippen molar-refractivity contribution in [3.8, 4) is 11.5 Å². The fraction of sp³-hybridized carbons (Fsp3) is 0.542. The lowest BCUT2D eigenvalue weighted by molar-refractivity contribution is -0.147. The smallest absolute Gasteiger partial charge is 0.305 e. The van der Waals surface area contributed by atoms with Gasteiger partial charge in [-0.25, -0.2) is 0 Å². The van der Waals surface area contributed by atoms with Crippen LogP contribution in [0.4, 0.5) is 0 Å². The number of unbranched alkanes of at least 4 members (excludes halogenated alkanes) is 2. The third-order valence-electron chi connectivity index (χ3n) is 5.44. The van der Waals surface area contributed by atoms with Crippen LogP contribution in [0.3, 0.4) is 0 Å². The van der Waals surface area contributed by atoms with E-state index in [0.717, 1.165) is 55.2 Å². The number of phenolic OH excluding ortho intramolecular Hbond substituents is 1. The van der Waals surface area contributed by atoms with Gasteiger partial charge in [-0.3, -0.25) is 4.79 Å². The maximum atomic E-state index is 11.1. The van der Waals surface area contributed by atoms with Gasteiger partial charge < -0.3 is 14.6 Å². The number of hydrogen-bond acceptors (Lipinski definition) is 4. The van der Waals surface area contributed by atoms with E-state index in [-0.39, 0.29) is 24.4 Å². The van der Waals surface area contributed by atoms with Crippen molar-refractivity contribution in [2.75, 3.05) is 6.79 Å². The van der Waals surface area contributed by atoms with E-state index in [1.807, 2.05) is 19.1 Å². The van der Waals surface area contributed by atoms with E-state index >= 15 is 0 Å². The van der Waals surface area contributed by atoms with Crippen LogP contribution in [0.1, 0.15) is 76.8 Å². The summed E-state index contributed by atoms with van der Waals surface area (Å²) in [5, 5.41) is 10.9. The van der Waals surface area contributed by atoms with Gasteiger partial charge in [-0.15, -0.1) is 0 Å². The quantitative estimate of drug-likeness (QED) is 0.243. The van der Waals surface area contributed by atoms with E-state index in [2.05, 4.69) is 26.5 Å². The van der Waals surface area contributed by atoms with Gasteiger partial charge in [-0.1, -0.05) is 43.6 Å². The summed E-state index contributed by atoms with van der Waals surface area (Å²) in [7, 11) is 0. The third-order valence-corrected chi connectivity index (χ3v) is 5.44. The van der Waals surface area contributed by atoms with Gasteiger partial charge in [0.25, 0.3) is 0 Å². The molecule has 0 spiro atoms. The van der Waals surface area contributed by atoms with Crippen LogP contribution in [0.2, 0.25) is 0 Å². The summed E-state index contributed by atoms with van der Waals surface area (Å²) in [6.45, 7) is 11.7. The Bertz CT molecular complexity index is 732. The third kappa shape index (κ3) is 5.88. The number of aromatic hydroxyl groups is 1. The van der Waals surface area contributed by atoms with Crippen LogP contribution >= 0.6 is 0 Å². The lowest BCUT2D eigenvalue weighted by Crippen LogP contribution is -2.18. The Morgan fingerprint density at radius 3 is 2.68 bits per heavy atom. The molecule has 2 atom stereocenters. The highest BCUT2D eigenvalue weighted by Crippen LogP contribution is 2.47. The lowest BCUT2D eigenvalue weighted by Gasteiger charge is -2.32. The van der Waals surface area contributed by atoms with Gasteiger partial charge in [0.2, 0.25) is 6.79 Å². The van der Waals surface area contributed by atoms with Crippen molar-refractivity contribution in [2.45, 2.75) is 72.1 Å². The molecule has 0 saturated heterocycles. The van der Waals surface area contributed by atoms with E-state index in [1.54, 1.807) is 0 Å². The highest BCUT2D eigenvalue weighted by atomic mass is 16.7. The van der Waals surface area contributed by atoms with E-state index in [1.165, 1.54) is 12.5 Å². The molecule has 0 saturated carbocycles. The zero-order chi connectivity index (χ0) is 20.7. The molecule has 2 rings (SSSR count). The first-order valence-electron chi connectivity index (χ1n) is 10.3. The largest absolute Gasteiger partial charge is 0.507 e. The molecule has 1 aliphatic rings. The number of esters is 1. The Labute approximate surface area is 169 Å². The summed E-state index contributed by atoms with van der Waals surface area (Å²) in [5.74, 6) is 0.696. The summed E-state index contributed by atoms with van der Waals surface area (Å²) < 4.78 is 10.8. The zero-order valence-electron chi connectivity index (χ0n) is 17.7. The first-order chi connectivity index (χ1) is 13.3. The minimum atomic E-state index is -0.391. The number of allylic oxidation sites excluding steroid dienone is 3. The SMILES string of the molecule is C=C(C)C1CCC(C)=CC1c1c(O)cc(CCCCC)cc1OCOC(C)=O. The Hall–Kier alpha value is -2.23. The van der Waals surface area contributed by atoms with E-state index in [0.29, 0.717) is 5.75 Å². The standard InChI is InChI=1S/C24H34O4/c1-6-7-8-9-19-13-22(26)24(23(14-19)28-15-27-18(5)25)21-12-17(4)10-11-20(21)16(2)3/h12-14,20-21,26H,2,6-11,15H2,1,3-5H3. The average Bonchev–Trinajstić information content (AvgIpc) is 2.61. The van der Waals surface area contributed by atoms with Crippen molar-refractivity contribution in [3.05, 3.63) is 47.1 Å². The van der Waals surface area contributed by atoms with Gasteiger partial charge in [0, 0.05) is 18.4 Å². The molecule has 4 heteroatoms. The van der Waals surface area contributed by atoms with Gasteiger partial charge in [0.1, 0.15) is 11.5 Å². The number of benzene rings is 1. The second-order valence-corrected chi connectivity index (χ2v) is 7.91. The maximum Gasteiger partial charge on any atom is 0.305 e. The number of ether oxygens (including phenoxy) is 2. The fourth-order valence-corrected chi connectivity index (χ4v) is 3.93. The molecule has 0 aliphatic heterocycles. The fourth-order valence-electron chi connectivity index (χ4n) is 3.93. The number of carbonyl (C=O) groups excluding carboxylic acids is 1. The van der Waals surface area contributed by atoms with Crippen LogP contribution in [0.25, 0.3) is 0 Å². The Balaban J connectivity index is 2.42. The van der Waals surface area contributed by atoms with Crippen molar-refractivity contribution in [3.63, 3.8) is 0 Å². The zero-order valence-corrected chi connectivity index (χ0v) is 17.7. The number of rotatable bonds is 9. The molecule has 1 aliphatic carbocycles. The first-order valence-corrected chi connectivity index (χ1v) is 10.3. The van der Waals surface area contributed by atoms with E-state index in [9.17, 15) is 9.90 Å². The van der Waals surface area contributed by atoms with Crippen LogP contribution in [-0.2, 0) is 16.0 Å². The number of hydrogen-bond donors (Lipinski definition) is 1. The van der Waals surface area contributed by atoms with Gasteiger partial charge in [-0.05, 0) is 63.1 Å². The minimum Gasteiger partial charge on any atom is -0.507 e. The Morgan fingerprint density at radius 2 is 2.04 bits per heavy atom.